The van der Waals surface area contributed by atoms with E-state index in [2.05, 4.69) is 19.9 Å². The lowest BCUT2D eigenvalue weighted by atomic mass is 9.80. The predicted molar refractivity (Wildman–Crippen MR) is 97.6 cm³/mol. The summed E-state index contributed by atoms with van der Waals surface area (Å²) in [6.07, 6.45) is 1.22. The van der Waals surface area contributed by atoms with Crippen molar-refractivity contribution in [2.24, 2.45) is 0 Å². The van der Waals surface area contributed by atoms with E-state index in [4.69, 9.17) is 17.3 Å². The lowest BCUT2D eigenvalue weighted by Gasteiger charge is -2.31. The maximum absolute atomic E-state index is 9.50. The first-order valence-electron chi connectivity index (χ1n) is 8.16. The molecule has 0 unspecified atom stereocenters. The molecule has 2 aromatic heterocycles. The van der Waals surface area contributed by atoms with Crippen LogP contribution in [0.3, 0.4) is 0 Å². The van der Waals surface area contributed by atoms with Crippen molar-refractivity contribution >= 4 is 34.4 Å². The minimum atomic E-state index is -0.232. The summed E-state index contributed by atoms with van der Waals surface area (Å²) < 4.78 is 0. The molecule has 0 bridgehead atoms. The van der Waals surface area contributed by atoms with Crippen molar-refractivity contribution in [2.45, 2.75) is 31.4 Å². The molecule has 25 heavy (non-hydrogen) atoms. The summed E-state index contributed by atoms with van der Waals surface area (Å²) in [6.45, 7) is 0.551. The van der Waals surface area contributed by atoms with Crippen LogP contribution in [0.2, 0.25) is 5.02 Å². The normalized spacial score (nSPS) is 19.8. The fourth-order valence-corrected chi connectivity index (χ4v) is 3.29. The van der Waals surface area contributed by atoms with E-state index in [0.29, 0.717) is 11.6 Å². The number of benzene rings is 1. The summed E-state index contributed by atoms with van der Waals surface area (Å²) in [4.78, 5) is 18.5. The third-order valence-corrected chi connectivity index (χ3v) is 4.79. The zero-order valence-corrected chi connectivity index (χ0v) is 14.5. The zero-order chi connectivity index (χ0) is 17.6. The summed E-state index contributed by atoms with van der Waals surface area (Å²) in [5, 5.41) is 10.2. The van der Waals surface area contributed by atoms with E-state index >= 15 is 0 Å². The molecule has 0 saturated heterocycles. The highest BCUT2D eigenvalue weighted by atomic mass is 35.5. The Morgan fingerprint density at radius 1 is 1.28 bits per heavy atom. The van der Waals surface area contributed by atoms with E-state index in [-0.39, 0.29) is 18.0 Å². The Bertz CT molecular complexity index is 921. The summed E-state index contributed by atoms with van der Waals surface area (Å²) in [6, 6.07) is 7.51. The summed E-state index contributed by atoms with van der Waals surface area (Å²) in [5.41, 5.74) is 8.53. The van der Waals surface area contributed by atoms with Gasteiger partial charge in [0.25, 0.3) is 0 Å². The number of imidazole rings is 1. The number of nitrogen functional groups attached to an aromatic ring is 1. The quantitative estimate of drug-likeness (QED) is 0.661. The van der Waals surface area contributed by atoms with Gasteiger partial charge >= 0.3 is 0 Å². The Kier molecular flexibility index (Phi) is 3.97. The first-order valence-corrected chi connectivity index (χ1v) is 8.53. The molecule has 0 atom stereocenters. The minimum Gasteiger partial charge on any atom is -0.393 e. The van der Waals surface area contributed by atoms with Crippen LogP contribution >= 0.6 is 11.6 Å². The fraction of sp³-hybridized carbons (Fsp3) is 0.353. The molecule has 1 fully saturated rings. The Balaban J connectivity index is 1.56. The predicted octanol–water partition coefficient (Wildman–Crippen LogP) is 2.46. The molecule has 1 aromatic carbocycles. The van der Waals surface area contributed by atoms with Gasteiger partial charge in [-0.3, -0.25) is 0 Å². The SMILES string of the molecule is CN(Cc1nc2ccc(Cl)cc2[nH]1)c1cc(C2CC(O)C2)nc(N)n1. The lowest BCUT2D eigenvalue weighted by Crippen LogP contribution is -2.28. The van der Waals surface area contributed by atoms with Crippen molar-refractivity contribution in [2.75, 3.05) is 17.7 Å². The average molecular weight is 359 g/mol. The smallest absolute Gasteiger partial charge is 0.222 e. The van der Waals surface area contributed by atoms with Crippen LogP contribution in [0.5, 0.6) is 0 Å². The molecule has 4 N–H and O–H groups in total. The molecule has 0 radical (unpaired) electrons. The van der Waals surface area contributed by atoms with Crippen LogP contribution in [-0.2, 0) is 6.54 Å². The average Bonchev–Trinajstić information content (AvgIpc) is 2.92. The highest BCUT2D eigenvalue weighted by Gasteiger charge is 2.30. The van der Waals surface area contributed by atoms with Crippen molar-refractivity contribution in [1.82, 2.24) is 19.9 Å². The van der Waals surface area contributed by atoms with Crippen LogP contribution in [0.25, 0.3) is 11.0 Å². The van der Waals surface area contributed by atoms with Crippen LogP contribution in [0.1, 0.15) is 30.3 Å². The molecule has 0 spiro atoms. The zero-order valence-electron chi connectivity index (χ0n) is 13.8. The number of aliphatic hydroxyl groups is 1. The van der Waals surface area contributed by atoms with Crippen molar-refractivity contribution in [3.05, 3.63) is 40.8 Å². The largest absolute Gasteiger partial charge is 0.393 e. The number of nitrogens with zero attached hydrogens (tertiary/aromatic N) is 4. The molecule has 1 aliphatic carbocycles. The molecule has 1 aliphatic rings. The molecule has 8 heteroatoms. The van der Waals surface area contributed by atoms with Crippen molar-refractivity contribution < 1.29 is 5.11 Å². The monoisotopic (exact) mass is 358 g/mol. The molecule has 130 valence electrons. The number of anilines is 2. The topological polar surface area (TPSA) is 104 Å². The number of fused-ring (bicyclic) bond motifs is 1. The van der Waals surface area contributed by atoms with Crippen LogP contribution in [-0.4, -0.2) is 38.2 Å². The van der Waals surface area contributed by atoms with E-state index in [9.17, 15) is 5.11 Å². The molecule has 2 heterocycles. The van der Waals surface area contributed by atoms with E-state index in [1.165, 1.54) is 0 Å². The highest BCUT2D eigenvalue weighted by molar-refractivity contribution is 6.31. The molecule has 0 aliphatic heterocycles. The Hall–Kier alpha value is -2.38. The highest BCUT2D eigenvalue weighted by Crippen LogP contribution is 2.36. The van der Waals surface area contributed by atoms with Gasteiger partial charge in [-0.15, -0.1) is 0 Å². The molecule has 1 saturated carbocycles. The van der Waals surface area contributed by atoms with E-state index in [1.54, 1.807) is 0 Å². The lowest BCUT2D eigenvalue weighted by molar-refractivity contribution is 0.0732. The molecule has 7 nitrogen and oxygen atoms in total. The number of aromatic nitrogens is 4. The molecular formula is C17H19ClN6O. The second kappa shape index (κ2) is 6.16. The molecule has 3 aromatic rings. The summed E-state index contributed by atoms with van der Waals surface area (Å²) in [7, 11) is 1.93. The minimum absolute atomic E-state index is 0.232. The van der Waals surface area contributed by atoms with Gasteiger partial charge in [-0.1, -0.05) is 11.6 Å². The second-order valence-corrected chi connectivity index (χ2v) is 6.97. The van der Waals surface area contributed by atoms with E-state index in [0.717, 1.165) is 41.2 Å². The number of nitrogens with two attached hydrogens (primary N) is 1. The summed E-state index contributed by atoms with van der Waals surface area (Å²) >= 11 is 6.02. The van der Waals surface area contributed by atoms with Crippen LogP contribution in [0.15, 0.2) is 24.3 Å². The van der Waals surface area contributed by atoms with Crippen LogP contribution in [0, 0.1) is 0 Å². The van der Waals surface area contributed by atoms with Gasteiger partial charge in [0, 0.05) is 24.1 Å². The number of aromatic amines is 1. The number of hydrogen-bond donors (Lipinski definition) is 3. The maximum Gasteiger partial charge on any atom is 0.222 e. The van der Waals surface area contributed by atoms with Gasteiger partial charge in [-0.25, -0.2) is 9.97 Å². The van der Waals surface area contributed by atoms with Gasteiger partial charge in [0.1, 0.15) is 11.6 Å². The first kappa shape index (κ1) is 16.1. The van der Waals surface area contributed by atoms with Crippen molar-refractivity contribution in [3.63, 3.8) is 0 Å². The molecule has 4 rings (SSSR count). The Labute approximate surface area is 149 Å². The van der Waals surface area contributed by atoms with Crippen LogP contribution < -0.4 is 10.6 Å². The number of H-pyrrole nitrogens is 1. The van der Waals surface area contributed by atoms with Gasteiger partial charge in [-0.2, -0.15) is 4.98 Å². The number of halogens is 1. The van der Waals surface area contributed by atoms with E-state index < -0.39 is 0 Å². The fourth-order valence-electron chi connectivity index (χ4n) is 3.12. The van der Waals surface area contributed by atoms with E-state index in [1.807, 2.05) is 36.2 Å². The van der Waals surface area contributed by atoms with Gasteiger partial charge in [0.15, 0.2) is 0 Å². The molecule has 0 amide bonds. The Morgan fingerprint density at radius 3 is 2.84 bits per heavy atom. The van der Waals surface area contributed by atoms with Crippen molar-refractivity contribution in [3.8, 4) is 0 Å². The first-order chi connectivity index (χ1) is 12.0. The van der Waals surface area contributed by atoms with Gasteiger partial charge in [-0.05, 0) is 31.0 Å². The number of rotatable bonds is 4. The van der Waals surface area contributed by atoms with Crippen LogP contribution in [0.4, 0.5) is 11.8 Å². The number of hydrogen-bond acceptors (Lipinski definition) is 6. The van der Waals surface area contributed by atoms with Gasteiger partial charge in [0.2, 0.25) is 5.95 Å². The third-order valence-electron chi connectivity index (χ3n) is 4.55. The number of nitrogens with one attached hydrogen (secondary N) is 1. The second-order valence-electron chi connectivity index (χ2n) is 6.53. The number of aliphatic hydroxyl groups excluding tert-OH is 1. The third kappa shape index (κ3) is 3.25. The maximum atomic E-state index is 9.50. The molecular weight excluding hydrogens is 340 g/mol. The van der Waals surface area contributed by atoms with Crippen molar-refractivity contribution in [1.29, 1.82) is 0 Å². The standard InChI is InChI=1S/C17H19ClN6O/c1-24(8-15-20-12-3-2-10(18)6-14(12)21-15)16-7-13(22-17(19)23-16)9-4-11(25)5-9/h2-3,6-7,9,11,25H,4-5,8H2,1H3,(H,20,21)(H2,19,22,23). The Morgan fingerprint density at radius 2 is 2.08 bits per heavy atom. The van der Waals surface area contributed by atoms with Gasteiger partial charge in [0.05, 0.1) is 29.4 Å². The summed E-state index contributed by atoms with van der Waals surface area (Å²) in [5.74, 6) is 2.05. The van der Waals surface area contributed by atoms with Gasteiger partial charge < -0.3 is 20.7 Å².